The summed E-state index contributed by atoms with van der Waals surface area (Å²) in [4.78, 5) is 33.1. The van der Waals surface area contributed by atoms with Gasteiger partial charge in [-0.25, -0.2) is 27.7 Å². The largest absolute Gasteiger partial charge is 0.465 e. The van der Waals surface area contributed by atoms with E-state index in [9.17, 15) is 23.1 Å². The van der Waals surface area contributed by atoms with Crippen LogP contribution in [0, 0.1) is 0 Å². The first-order chi connectivity index (χ1) is 20.1. The molecule has 1 unspecified atom stereocenters. The van der Waals surface area contributed by atoms with Crippen molar-refractivity contribution in [3.63, 3.8) is 0 Å². The number of nitrogens with one attached hydrogen (secondary N) is 2. The Hall–Kier alpha value is -2.74. The smallest absolute Gasteiger partial charge is 0.412 e. The molecule has 1 aromatic heterocycles. The van der Waals surface area contributed by atoms with Crippen molar-refractivity contribution in [2.24, 2.45) is 0 Å². The van der Waals surface area contributed by atoms with Crippen molar-refractivity contribution in [3.8, 4) is 10.4 Å². The fourth-order valence-corrected chi connectivity index (χ4v) is 8.68. The van der Waals surface area contributed by atoms with Gasteiger partial charge in [-0.1, -0.05) is 6.07 Å². The average Bonchev–Trinajstić information content (AvgIpc) is 3.55. The lowest BCUT2D eigenvalue weighted by Crippen LogP contribution is -2.41. The predicted octanol–water partition coefficient (Wildman–Crippen LogP) is 5.63. The number of carboxylic acid groups (broad SMARTS) is 1. The molecule has 0 spiro atoms. The molecule has 2 heterocycles. The zero-order valence-electron chi connectivity index (χ0n) is 25.9. The first kappa shape index (κ1) is 33.2. The Bertz CT molecular complexity index is 1400. The van der Waals surface area contributed by atoms with E-state index in [1.54, 1.807) is 52.9 Å². The minimum absolute atomic E-state index is 0.0113. The number of likely N-dealkylation sites (tertiary alicyclic amines) is 1. The molecule has 1 saturated carbocycles. The molecule has 43 heavy (non-hydrogen) atoms. The van der Waals surface area contributed by atoms with E-state index < -0.39 is 21.7 Å². The van der Waals surface area contributed by atoms with Gasteiger partial charge in [0.1, 0.15) is 6.61 Å². The number of hydrogen-bond acceptors (Lipinski definition) is 8. The number of carbonyl (C=O) groups excluding carboxylic acids is 1. The monoisotopic (exact) mass is 635 g/mol. The molecule has 3 N–H and O–H groups in total. The fraction of sp³-hybridized carbons (Fsp3) is 0.633. The molecule has 1 atom stereocenters. The maximum absolute atomic E-state index is 13.6. The Labute approximate surface area is 259 Å². The van der Waals surface area contributed by atoms with Crippen molar-refractivity contribution in [2.75, 3.05) is 25.1 Å². The highest BCUT2D eigenvalue weighted by atomic mass is 32.2. The lowest BCUT2D eigenvalue weighted by molar-refractivity contribution is 0.110. The number of nitrogens with zero attached hydrogens (tertiary/aromatic N) is 3. The number of likely N-dealkylation sites (N-methyl/N-ethyl adjacent to an activating group) is 1. The van der Waals surface area contributed by atoms with Crippen LogP contribution in [0.25, 0.3) is 10.4 Å². The molecule has 238 valence electrons. The zero-order valence-corrected chi connectivity index (χ0v) is 27.6. The van der Waals surface area contributed by atoms with Crippen LogP contribution in [0.1, 0.15) is 84.1 Å². The topological polar surface area (TPSA) is 141 Å². The molecule has 1 aromatic carbocycles. The molecule has 1 saturated heterocycles. The van der Waals surface area contributed by atoms with Crippen LogP contribution in [0.4, 0.5) is 15.3 Å². The number of rotatable bonds is 9. The number of aromatic nitrogens is 1. The van der Waals surface area contributed by atoms with Crippen molar-refractivity contribution < 1.29 is 27.9 Å². The average molecular weight is 636 g/mol. The fourth-order valence-electron chi connectivity index (χ4n) is 5.83. The third kappa shape index (κ3) is 8.46. The summed E-state index contributed by atoms with van der Waals surface area (Å²) in [6, 6.07) is 4.69. The van der Waals surface area contributed by atoms with Gasteiger partial charge >= 0.3 is 12.2 Å². The maximum Gasteiger partial charge on any atom is 0.412 e. The summed E-state index contributed by atoms with van der Waals surface area (Å²) in [5.41, 5.74) is 0.0239. The molecule has 2 fully saturated rings. The number of anilines is 1. The Morgan fingerprint density at radius 3 is 2.47 bits per heavy atom. The Balaban J connectivity index is 1.47. The lowest BCUT2D eigenvalue weighted by atomic mass is 9.86. The molecule has 0 bridgehead atoms. The van der Waals surface area contributed by atoms with E-state index in [0.717, 1.165) is 55.0 Å². The van der Waals surface area contributed by atoms with E-state index in [-0.39, 0.29) is 34.7 Å². The van der Waals surface area contributed by atoms with E-state index in [4.69, 9.17) is 4.74 Å². The van der Waals surface area contributed by atoms with Crippen LogP contribution in [-0.2, 0) is 14.8 Å². The van der Waals surface area contributed by atoms with Gasteiger partial charge in [-0.2, -0.15) is 0 Å². The van der Waals surface area contributed by atoms with Crippen LogP contribution in [0.15, 0.2) is 29.3 Å². The highest BCUT2D eigenvalue weighted by Gasteiger charge is 2.30. The first-order valence-corrected chi connectivity index (χ1v) is 17.2. The molecule has 4 rings (SSSR count). The van der Waals surface area contributed by atoms with E-state index in [1.807, 2.05) is 0 Å². The van der Waals surface area contributed by atoms with E-state index in [1.165, 1.54) is 17.4 Å². The van der Waals surface area contributed by atoms with Gasteiger partial charge < -0.3 is 20.1 Å². The standard InChI is InChI=1S/C30H45N5O6S2/c1-19(2)35(29(37)38)22-13-14-24(26(16-22)43(39,40)33-30(3,4)5)25-17-31-27(42-25)20-9-11-21(12-10-20)32-28(36)41-18-23-8-7-15-34(23)6/h13-14,16-17,19-21,23,33H,7-12,15,18H2,1-6H3,(H,32,36)(H,37,38). The van der Waals surface area contributed by atoms with Crippen molar-refractivity contribution in [1.29, 1.82) is 0 Å². The molecular weight excluding hydrogens is 590 g/mol. The molecule has 1 aliphatic carbocycles. The quantitative estimate of drug-likeness (QED) is 0.322. The van der Waals surface area contributed by atoms with E-state index >= 15 is 0 Å². The third-order valence-corrected chi connectivity index (χ3v) is 11.0. The highest BCUT2D eigenvalue weighted by molar-refractivity contribution is 7.89. The number of sulfonamides is 1. The molecule has 13 heteroatoms. The van der Waals surface area contributed by atoms with Gasteiger partial charge in [0.05, 0.1) is 14.8 Å². The number of thiazole rings is 1. The maximum atomic E-state index is 13.6. The summed E-state index contributed by atoms with van der Waals surface area (Å²) in [6.45, 7) is 10.2. The predicted molar refractivity (Wildman–Crippen MR) is 168 cm³/mol. The van der Waals surface area contributed by atoms with Crippen LogP contribution in [0.2, 0.25) is 0 Å². The molecular formula is C30H45N5O6S2. The van der Waals surface area contributed by atoms with Crippen molar-refractivity contribution >= 4 is 39.2 Å². The minimum atomic E-state index is -4.00. The van der Waals surface area contributed by atoms with Gasteiger partial charge in [-0.05, 0) is 98.9 Å². The van der Waals surface area contributed by atoms with E-state index in [2.05, 4.69) is 27.0 Å². The van der Waals surface area contributed by atoms with Gasteiger partial charge in [-0.3, -0.25) is 4.90 Å². The normalized spacial score (nSPS) is 21.6. The van der Waals surface area contributed by atoms with Gasteiger partial charge in [0.15, 0.2) is 0 Å². The summed E-state index contributed by atoms with van der Waals surface area (Å²) < 4.78 is 35.4. The van der Waals surface area contributed by atoms with Gasteiger partial charge in [-0.15, -0.1) is 11.3 Å². The molecule has 2 amide bonds. The van der Waals surface area contributed by atoms with Gasteiger partial charge in [0.2, 0.25) is 10.0 Å². The Morgan fingerprint density at radius 2 is 1.88 bits per heavy atom. The third-order valence-electron chi connectivity index (χ3n) is 7.96. The number of amides is 2. The minimum Gasteiger partial charge on any atom is -0.465 e. The molecule has 11 nitrogen and oxygen atoms in total. The van der Waals surface area contributed by atoms with Crippen LogP contribution < -0.4 is 14.9 Å². The SMILES string of the molecule is CC(C)N(C(=O)O)c1ccc(-c2cnc(C3CCC(NC(=O)OCC4CCCN4C)CC3)s2)c(S(=O)(=O)NC(C)(C)C)c1. The zero-order chi connectivity index (χ0) is 31.5. The van der Waals surface area contributed by atoms with Crippen LogP contribution in [0.5, 0.6) is 0 Å². The number of benzene rings is 1. The second-order valence-electron chi connectivity index (χ2n) is 12.9. The van der Waals surface area contributed by atoms with Gasteiger partial charge in [0, 0.05) is 47.0 Å². The van der Waals surface area contributed by atoms with Crippen LogP contribution >= 0.6 is 11.3 Å². The first-order valence-electron chi connectivity index (χ1n) is 14.9. The van der Waals surface area contributed by atoms with Gasteiger partial charge in [0.25, 0.3) is 0 Å². The number of alkyl carbamates (subject to hydrolysis) is 1. The number of hydrogen-bond donors (Lipinski definition) is 3. The highest BCUT2D eigenvalue weighted by Crippen LogP contribution is 2.40. The second kappa shape index (κ2) is 13.5. The molecule has 2 aliphatic rings. The lowest BCUT2D eigenvalue weighted by Gasteiger charge is -2.28. The second-order valence-corrected chi connectivity index (χ2v) is 15.6. The molecule has 0 radical (unpaired) electrons. The number of ether oxygens (including phenoxy) is 1. The van der Waals surface area contributed by atoms with Crippen molar-refractivity contribution in [2.45, 2.75) is 108 Å². The summed E-state index contributed by atoms with van der Waals surface area (Å²) in [6.07, 6.45) is 5.67. The number of carbonyl (C=O) groups is 2. The van der Waals surface area contributed by atoms with Crippen LogP contribution in [0.3, 0.4) is 0 Å². The summed E-state index contributed by atoms with van der Waals surface area (Å²) in [7, 11) is -1.94. The molecule has 2 aromatic rings. The van der Waals surface area contributed by atoms with E-state index in [0.29, 0.717) is 23.1 Å². The van der Waals surface area contributed by atoms with Crippen LogP contribution in [-0.4, -0.2) is 79.5 Å². The van der Waals surface area contributed by atoms with Crippen molar-refractivity contribution in [3.05, 3.63) is 29.4 Å². The van der Waals surface area contributed by atoms with Crippen molar-refractivity contribution in [1.82, 2.24) is 19.9 Å². The summed E-state index contributed by atoms with van der Waals surface area (Å²) in [5, 5.41) is 13.7. The summed E-state index contributed by atoms with van der Waals surface area (Å²) >= 11 is 1.46. The Morgan fingerprint density at radius 1 is 1.19 bits per heavy atom. The molecule has 1 aliphatic heterocycles. The summed E-state index contributed by atoms with van der Waals surface area (Å²) in [5.74, 6) is 0.204. The Kier molecular flexibility index (Phi) is 10.4.